The minimum Gasteiger partial charge on any atom is -0.348 e. The van der Waals surface area contributed by atoms with Crippen LogP contribution in [0.2, 0.25) is 0 Å². The molecule has 0 bridgehead atoms. The number of amides is 1. The van der Waals surface area contributed by atoms with Crippen LogP contribution in [0.25, 0.3) is 10.4 Å². The lowest BCUT2D eigenvalue weighted by atomic mass is 10.1. The van der Waals surface area contributed by atoms with Crippen LogP contribution < -0.4 is 5.32 Å². The zero-order valence-corrected chi connectivity index (χ0v) is 13.8. The largest absolute Gasteiger partial charge is 0.348 e. The molecule has 4 heteroatoms. The third-order valence-electron chi connectivity index (χ3n) is 3.19. The van der Waals surface area contributed by atoms with Crippen molar-refractivity contribution in [1.29, 1.82) is 0 Å². The smallest absolute Gasteiger partial charge is 0.271 e. The molecule has 1 amide bonds. The molecule has 3 nitrogen and oxygen atoms in total. The molecule has 1 aromatic heterocycles. The molecule has 0 saturated carbocycles. The van der Waals surface area contributed by atoms with Gasteiger partial charge in [-0.25, -0.2) is 4.98 Å². The van der Waals surface area contributed by atoms with Crippen molar-refractivity contribution in [1.82, 2.24) is 10.3 Å². The first kappa shape index (κ1) is 15.7. The van der Waals surface area contributed by atoms with E-state index in [1.165, 1.54) is 0 Å². The van der Waals surface area contributed by atoms with Crippen molar-refractivity contribution in [3.05, 3.63) is 41.0 Å². The predicted octanol–water partition coefficient (Wildman–Crippen LogP) is 4.28. The summed E-state index contributed by atoms with van der Waals surface area (Å²) in [5, 5.41) is 3.97. The molecule has 0 aliphatic heterocycles. The van der Waals surface area contributed by atoms with E-state index in [1.54, 1.807) is 11.3 Å². The first-order valence-electron chi connectivity index (χ1n) is 7.31. The molecule has 2 aromatic rings. The molecule has 1 atom stereocenters. The third-order valence-corrected chi connectivity index (χ3v) is 4.21. The van der Waals surface area contributed by atoms with E-state index in [-0.39, 0.29) is 11.9 Å². The van der Waals surface area contributed by atoms with Crippen LogP contribution in [0.5, 0.6) is 0 Å². The topological polar surface area (TPSA) is 42.0 Å². The fraction of sp³-hybridized carbons (Fsp3) is 0.412. The molecule has 1 heterocycles. The van der Waals surface area contributed by atoms with Crippen molar-refractivity contribution in [3.63, 3.8) is 0 Å². The van der Waals surface area contributed by atoms with Gasteiger partial charge in [-0.2, -0.15) is 0 Å². The number of thiazole rings is 1. The lowest BCUT2D eigenvalue weighted by Gasteiger charge is -2.15. The Balaban J connectivity index is 2.22. The average molecular weight is 302 g/mol. The van der Waals surface area contributed by atoms with Gasteiger partial charge in [-0.1, -0.05) is 44.2 Å². The second-order valence-corrected chi connectivity index (χ2v) is 6.98. The van der Waals surface area contributed by atoms with Crippen molar-refractivity contribution in [2.45, 2.75) is 40.2 Å². The van der Waals surface area contributed by atoms with E-state index in [2.05, 4.69) is 24.1 Å². The van der Waals surface area contributed by atoms with Crippen LogP contribution in [0.3, 0.4) is 0 Å². The van der Waals surface area contributed by atoms with Gasteiger partial charge in [0.15, 0.2) is 0 Å². The molecule has 0 aliphatic carbocycles. The van der Waals surface area contributed by atoms with E-state index >= 15 is 0 Å². The molecular formula is C17H22N2OS. The Morgan fingerprint density at radius 1 is 1.24 bits per heavy atom. The number of rotatable bonds is 5. The average Bonchev–Trinajstić information content (AvgIpc) is 2.81. The summed E-state index contributed by atoms with van der Waals surface area (Å²) in [5.41, 5.74) is 1.59. The molecule has 1 aromatic carbocycles. The standard InChI is InChI=1S/C17H22N2OS/c1-11(2)10-12(3)18-17(20)15-16(21-13(4)19-15)14-8-6-5-7-9-14/h5-9,11-12H,10H2,1-4H3,(H,18,20)/t12-/m1/s1. The van der Waals surface area contributed by atoms with E-state index in [1.807, 2.05) is 44.2 Å². The van der Waals surface area contributed by atoms with Gasteiger partial charge in [0.2, 0.25) is 0 Å². The Kier molecular flexibility index (Phi) is 5.12. The van der Waals surface area contributed by atoms with Gasteiger partial charge in [0.1, 0.15) is 5.69 Å². The fourth-order valence-corrected chi connectivity index (χ4v) is 3.35. The zero-order valence-electron chi connectivity index (χ0n) is 13.0. The predicted molar refractivity (Wildman–Crippen MR) is 88.7 cm³/mol. The fourth-order valence-electron chi connectivity index (χ4n) is 2.42. The highest BCUT2D eigenvalue weighted by atomic mass is 32.1. The number of carbonyl (C=O) groups is 1. The van der Waals surface area contributed by atoms with Crippen LogP contribution in [0.4, 0.5) is 0 Å². The number of hydrogen-bond donors (Lipinski definition) is 1. The second-order valence-electron chi connectivity index (χ2n) is 5.78. The summed E-state index contributed by atoms with van der Waals surface area (Å²) in [5.74, 6) is 0.484. The first-order valence-corrected chi connectivity index (χ1v) is 8.12. The molecule has 0 aliphatic rings. The highest BCUT2D eigenvalue weighted by Crippen LogP contribution is 2.30. The second kappa shape index (κ2) is 6.85. The van der Waals surface area contributed by atoms with Gasteiger partial charge in [-0.05, 0) is 31.7 Å². The number of hydrogen-bond acceptors (Lipinski definition) is 3. The van der Waals surface area contributed by atoms with Gasteiger partial charge in [0.25, 0.3) is 5.91 Å². The van der Waals surface area contributed by atoms with E-state index in [0.717, 1.165) is 21.9 Å². The van der Waals surface area contributed by atoms with Gasteiger partial charge < -0.3 is 5.32 Å². The van der Waals surface area contributed by atoms with Crippen molar-refractivity contribution in [2.75, 3.05) is 0 Å². The molecule has 0 radical (unpaired) electrons. The number of nitrogens with zero attached hydrogens (tertiary/aromatic N) is 1. The maximum absolute atomic E-state index is 12.5. The van der Waals surface area contributed by atoms with Crippen LogP contribution >= 0.6 is 11.3 Å². The van der Waals surface area contributed by atoms with Crippen molar-refractivity contribution in [2.24, 2.45) is 5.92 Å². The van der Waals surface area contributed by atoms with Crippen molar-refractivity contribution in [3.8, 4) is 10.4 Å². The third kappa shape index (κ3) is 4.14. The Morgan fingerprint density at radius 3 is 2.52 bits per heavy atom. The van der Waals surface area contributed by atoms with E-state index in [4.69, 9.17) is 0 Å². The summed E-state index contributed by atoms with van der Waals surface area (Å²) in [6, 6.07) is 10.1. The quantitative estimate of drug-likeness (QED) is 0.895. The van der Waals surface area contributed by atoms with Crippen molar-refractivity contribution >= 4 is 17.2 Å². The highest BCUT2D eigenvalue weighted by molar-refractivity contribution is 7.15. The lowest BCUT2D eigenvalue weighted by molar-refractivity contribution is 0.0932. The SMILES string of the molecule is Cc1nc(C(=O)N[C@H](C)CC(C)C)c(-c2ccccc2)s1. The number of aromatic nitrogens is 1. The number of benzene rings is 1. The normalized spacial score (nSPS) is 12.4. The summed E-state index contributed by atoms with van der Waals surface area (Å²) < 4.78 is 0. The van der Waals surface area contributed by atoms with E-state index in [9.17, 15) is 4.79 Å². The maximum Gasteiger partial charge on any atom is 0.271 e. The van der Waals surface area contributed by atoms with Gasteiger partial charge >= 0.3 is 0 Å². The number of nitrogens with one attached hydrogen (secondary N) is 1. The minimum atomic E-state index is -0.0775. The Labute approximate surface area is 130 Å². The molecule has 0 saturated heterocycles. The lowest BCUT2D eigenvalue weighted by Crippen LogP contribution is -2.34. The molecule has 1 N–H and O–H groups in total. The molecule has 0 unspecified atom stereocenters. The summed E-state index contributed by atoms with van der Waals surface area (Å²) in [4.78, 5) is 17.8. The monoisotopic (exact) mass is 302 g/mol. The summed E-state index contributed by atoms with van der Waals surface area (Å²) in [7, 11) is 0. The summed E-state index contributed by atoms with van der Waals surface area (Å²) in [6.45, 7) is 8.29. The minimum absolute atomic E-state index is 0.0775. The van der Waals surface area contributed by atoms with Gasteiger partial charge in [-0.15, -0.1) is 11.3 Å². The molecule has 112 valence electrons. The zero-order chi connectivity index (χ0) is 15.4. The highest BCUT2D eigenvalue weighted by Gasteiger charge is 2.19. The van der Waals surface area contributed by atoms with Crippen molar-refractivity contribution < 1.29 is 4.79 Å². The Hall–Kier alpha value is -1.68. The van der Waals surface area contributed by atoms with E-state index < -0.39 is 0 Å². The van der Waals surface area contributed by atoms with Crippen LogP contribution in [0.1, 0.15) is 42.7 Å². The molecular weight excluding hydrogens is 280 g/mol. The molecule has 0 fully saturated rings. The molecule has 21 heavy (non-hydrogen) atoms. The van der Waals surface area contributed by atoms with Gasteiger partial charge in [0.05, 0.1) is 9.88 Å². The summed E-state index contributed by atoms with van der Waals surface area (Å²) >= 11 is 1.56. The van der Waals surface area contributed by atoms with Gasteiger partial charge in [0, 0.05) is 6.04 Å². The number of aryl methyl sites for hydroxylation is 1. The van der Waals surface area contributed by atoms with Crippen LogP contribution in [0, 0.1) is 12.8 Å². The number of carbonyl (C=O) groups excluding carboxylic acids is 1. The van der Waals surface area contributed by atoms with Gasteiger partial charge in [-0.3, -0.25) is 4.79 Å². The van der Waals surface area contributed by atoms with Crippen LogP contribution in [-0.4, -0.2) is 16.9 Å². The molecule has 0 spiro atoms. The Bertz CT molecular complexity index is 605. The maximum atomic E-state index is 12.5. The Morgan fingerprint density at radius 2 is 1.90 bits per heavy atom. The first-order chi connectivity index (χ1) is 9.97. The summed E-state index contributed by atoms with van der Waals surface area (Å²) in [6.07, 6.45) is 0.968. The van der Waals surface area contributed by atoms with Crippen LogP contribution in [-0.2, 0) is 0 Å². The van der Waals surface area contributed by atoms with E-state index in [0.29, 0.717) is 11.6 Å². The molecule has 2 rings (SSSR count). The van der Waals surface area contributed by atoms with Crippen LogP contribution in [0.15, 0.2) is 30.3 Å².